The van der Waals surface area contributed by atoms with Gasteiger partial charge in [-0.2, -0.15) is 13.2 Å². The van der Waals surface area contributed by atoms with Crippen LogP contribution in [0.4, 0.5) is 13.2 Å². The summed E-state index contributed by atoms with van der Waals surface area (Å²) in [4.78, 5) is 18.0. The quantitative estimate of drug-likeness (QED) is 0.840. The van der Waals surface area contributed by atoms with Crippen molar-refractivity contribution in [2.45, 2.75) is 24.6 Å². The monoisotopic (exact) mass is 280 g/mol. The molecule has 1 heterocycles. The molecule has 0 spiro atoms. The van der Waals surface area contributed by atoms with Crippen LogP contribution in [-0.4, -0.2) is 27.5 Å². The van der Waals surface area contributed by atoms with E-state index in [1.807, 2.05) is 0 Å². The molecular weight excluding hydrogens is 273 g/mol. The first-order valence-electron chi connectivity index (χ1n) is 4.96. The minimum atomic E-state index is -4.69. The van der Waals surface area contributed by atoms with Gasteiger partial charge in [0.25, 0.3) is 0 Å². The van der Waals surface area contributed by atoms with Crippen LogP contribution in [0, 0.1) is 5.41 Å². The van der Waals surface area contributed by atoms with Gasteiger partial charge in [-0.05, 0) is 0 Å². The van der Waals surface area contributed by atoms with Crippen molar-refractivity contribution in [3.05, 3.63) is 23.2 Å². The van der Waals surface area contributed by atoms with Crippen molar-refractivity contribution in [3.8, 4) is 0 Å². The fraction of sp³-hybridized carbons (Fsp3) is 0.500. The lowest BCUT2D eigenvalue weighted by molar-refractivity contribution is -0.283. The number of rotatable bonds is 2. The van der Waals surface area contributed by atoms with Gasteiger partial charge in [-0.25, -0.2) is 9.97 Å². The summed E-state index contributed by atoms with van der Waals surface area (Å²) in [6.07, 6.45) is -4.04. The third-order valence-corrected chi connectivity index (χ3v) is 3.24. The molecule has 4 nitrogen and oxygen atoms in total. The summed E-state index contributed by atoms with van der Waals surface area (Å²) < 4.78 is 38.0. The smallest absolute Gasteiger partial charge is 0.382 e. The molecule has 1 aromatic rings. The second-order valence-electron chi connectivity index (χ2n) is 4.38. The molecule has 1 aliphatic carbocycles. The number of aldehydes is 1. The average Bonchev–Trinajstić information content (AvgIpc) is 2.23. The molecule has 0 unspecified atom stereocenters. The molecule has 0 saturated heterocycles. The molecule has 1 fully saturated rings. The molecule has 1 aliphatic rings. The maximum absolute atomic E-state index is 12.7. The van der Waals surface area contributed by atoms with Crippen LogP contribution in [0.15, 0.2) is 12.4 Å². The van der Waals surface area contributed by atoms with Crippen LogP contribution in [0.1, 0.15) is 18.7 Å². The largest absolute Gasteiger partial charge is 0.401 e. The van der Waals surface area contributed by atoms with Crippen LogP contribution in [0.3, 0.4) is 0 Å². The van der Waals surface area contributed by atoms with Crippen molar-refractivity contribution >= 4 is 17.9 Å². The SMILES string of the molecule is O=CC1(C(F)(F)F)CC(O)(c2ncc(Cl)cn2)C1. The van der Waals surface area contributed by atoms with Crippen LogP contribution in [0.5, 0.6) is 0 Å². The average molecular weight is 281 g/mol. The van der Waals surface area contributed by atoms with Crippen molar-refractivity contribution in [2.75, 3.05) is 0 Å². The maximum atomic E-state index is 12.7. The molecule has 98 valence electrons. The number of hydrogen-bond acceptors (Lipinski definition) is 4. The second kappa shape index (κ2) is 3.89. The summed E-state index contributed by atoms with van der Waals surface area (Å²) in [6, 6.07) is 0. The van der Waals surface area contributed by atoms with Crippen molar-refractivity contribution in [2.24, 2.45) is 5.41 Å². The molecule has 8 heteroatoms. The molecule has 0 radical (unpaired) electrons. The number of hydrogen-bond donors (Lipinski definition) is 1. The van der Waals surface area contributed by atoms with E-state index in [2.05, 4.69) is 9.97 Å². The Balaban J connectivity index is 2.24. The van der Waals surface area contributed by atoms with E-state index in [0.29, 0.717) is 0 Å². The minimum Gasteiger partial charge on any atom is -0.382 e. The number of nitrogens with zero attached hydrogens (tertiary/aromatic N) is 2. The molecule has 0 aliphatic heterocycles. The molecule has 1 N–H and O–H groups in total. The van der Waals surface area contributed by atoms with E-state index in [-0.39, 0.29) is 17.1 Å². The highest BCUT2D eigenvalue weighted by Crippen LogP contribution is 2.59. The third-order valence-electron chi connectivity index (χ3n) is 3.04. The molecule has 1 aromatic heterocycles. The Hall–Kier alpha value is -1.21. The molecule has 18 heavy (non-hydrogen) atoms. The van der Waals surface area contributed by atoms with Gasteiger partial charge in [-0.1, -0.05) is 11.6 Å². The van der Waals surface area contributed by atoms with E-state index in [9.17, 15) is 23.1 Å². The number of alkyl halides is 3. The molecule has 2 rings (SSSR count). The second-order valence-corrected chi connectivity index (χ2v) is 4.82. The number of aromatic nitrogens is 2. The zero-order valence-electron chi connectivity index (χ0n) is 8.91. The maximum Gasteiger partial charge on any atom is 0.401 e. The fourth-order valence-electron chi connectivity index (χ4n) is 2.05. The lowest BCUT2D eigenvalue weighted by atomic mass is 9.59. The Morgan fingerprint density at radius 3 is 2.22 bits per heavy atom. The first-order valence-corrected chi connectivity index (χ1v) is 5.34. The van der Waals surface area contributed by atoms with E-state index in [1.165, 1.54) is 12.4 Å². The molecule has 0 amide bonds. The Kier molecular flexibility index (Phi) is 2.86. The summed E-state index contributed by atoms with van der Waals surface area (Å²) in [5.74, 6) is -0.159. The Bertz CT molecular complexity index is 469. The topological polar surface area (TPSA) is 63.1 Å². The van der Waals surface area contributed by atoms with Crippen LogP contribution in [0.2, 0.25) is 5.02 Å². The van der Waals surface area contributed by atoms with Gasteiger partial charge in [-0.15, -0.1) is 0 Å². The molecule has 0 bridgehead atoms. The van der Waals surface area contributed by atoms with Crippen LogP contribution in [-0.2, 0) is 10.4 Å². The Morgan fingerprint density at radius 1 is 1.33 bits per heavy atom. The number of carbonyl (C=O) groups is 1. The Morgan fingerprint density at radius 2 is 1.83 bits per heavy atom. The highest BCUT2D eigenvalue weighted by Gasteiger charge is 2.69. The Labute approximate surface area is 105 Å². The van der Waals surface area contributed by atoms with Gasteiger partial charge in [0.15, 0.2) is 5.82 Å². The van der Waals surface area contributed by atoms with Crippen molar-refractivity contribution in [1.29, 1.82) is 0 Å². The predicted octanol–water partition coefficient (Wildman–Crippen LogP) is 1.86. The predicted molar refractivity (Wildman–Crippen MR) is 54.7 cm³/mol. The van der Waals surface area contributed by atoms with Gasteiger partial charge in [0, 0.05) is 25.2 Å². The van der Waals surface area contributed by atoms with Gasteiger partial charge in [0.2, 0.25) is 0 Å². The van der Waals surface area contributed by atoms with E-state index in [4.69, 9.17) is 11.6 Å². The zero-order chi connectivity index (χ0) is 13.6. The summed E-state index contributed by atoms with van der Waals surface area (Å²) in [6.45, 7) is 0. The van der Waals surface area contributed by atoms with Gasteiger partial charge >= 0.3 is 6.18 Å². The standard InChI is InChI=1S/C10H8ClF3N2O2/c11-6-1-15-7(16-2-6)9(18)3-8(4-9,5-17)10(12,13)14/h1-2,5,18H,3-4H2. The molecular formula is C10H8ClF3N2O2. The van der Waals surface area contributed by atoms with E-state index in [1.54, 1.807) is 0 Å². The summed E-state index contributed by atoms with van der Waals surface area (Å²) in [7, 11) is 0. The number of aliphatic hydroxyl groups is 1. The third kappa shape index (κ3) is 1.87. The number of halogens is 4. The van der Waals surface area contributed by atoms with E-state index >= 15 is 0 Å². The lowest BCUT2D eigenvalue weighted by Gasteiger charge is -2.49. The zero-order valence-corrected chi connectivity index (χ0v) is 9.66. The lowest BCUT2D eigenvalue weighted by Crippen LogP contribution is -2.58. The summed E-state index contributed by atoms with van der Waals surface area (Å²) in [5, 5.41) is 10.2. The van der Waals surface area contributed by atoms with Gasteiger partial charge in [0.05, 0.1) is 5.02 Å². The van der Waals surface area contributed by atoms with Crippen LogP contribution < -0.4 is 0 Å². The first kappa shape index (κ1) is 13.2. The minimum absolute atomic E-state index is 0.159. The van der Waals surface area contributed by atoms with E-state index < -0.39 is 30.0 Å². The van der Waals surface area contributed by atoms with Crippen LogP contribution in [0.25, 0.3) is 0 Å². The van der Waals surface area contributed by atoms with Gasteiger partial charge in [-0.3, -0.25) is 0 Å². The van der Waals surface area contributed by atoms with Crippen molar-refractivity contribution in [3.63, 3.8) is 0 Å². The van der Waals surface area contributed by atoms with Crippen molar-refractivity contribution in [1.82, 2.24) is 9.97 Å². The molecule has 1 saturated carbocycles. The summed E-state index contributed by atoms with van der Waals surface area (Å²) >= 11 is 5.54. The summed E-state index contributed by atoms with van der Waals surface area (Å²) in [5.41, 5.74) is -4.34. The fourth-order valence-corrected chi connectivity index (χ4v) is 2.15. The first-order chi connectivity index (χ1) is 8.22. The number of carbonyl (C=O) groups excluding carboxylic acids is 1. The molecule has 0 atom stereocenters. The van der Waals surface area contributed by atoms with Gasteiger partial charge < -0.3 is 9.90 Å². The van der Waals surface area contributed by atoms with Gasteiger partial charge in [0.1, 0.15) is 17.3 Å². The normalized spacial score (nSPS) is 31.8. The van der Waals surface area contributed by atoms with Crippen molar-refractivity contribution < 1.29 is 23.1 Å². The highest BCUT2D eigenvalue weighted by atomic mass is 35.5. The highest BCUT2D eigenvalue weighted by molar-refractivity contribution is 6.30. The molecule has 0 aromatic carbocycles. The van der Waals surface area contributed by atoms with E-state index in [0.717, 1.165) is 0 Å². The van der Waals surface area contributed by atoms with Crippen LogP contribution >= 0.6 is 11.6 Å².